The molecule has 2 fully saturated rings. The molecule has 0 aromatic heterocycles. The summed E-state index contributed by atoms with van der Waals surface area (Å²) in [6.45, 7) is 3.29. The highest BCUT2D eigenvalue weighted by molar-refractivity contribution is 7.80. The minimum absolute atomic E-state index is 0.0578. The van der Waals surface area contributed by atoms with Gasteiger partial charge in [0.05, 0.1) is 6.10 Å². The van der Waals surface area contributed by atoms with Gasteiger partial charge < -0.3 is 20.3 Å². The summed E-state index contributed by atoms with van der Waals surface area (Å²) in [5, 5.41) is 7.09. The second-order valence-electron chi connectivity index (χ2n) is 6.44. The van der Waals surface area contributed by atoms with E-state index in [1.54, 1.807) is 0 Å². The lowest BCUT2D eigenvalue weighted by molar-refractivity contribution is -0.120. The van der Waals surface area contributed by atoms with Gasteiger partial charge in [-0.3, -0.25) is 4.79 Å². The molecule has 0 saturated carbocycles. The molecule has 1 aromatic carbocycles. The van der Waals surface area contributed by atoms with Gasteiger partial charge in [0.15, 0.2) is 5.11 Å². The van der Waals surface area contributed by atoms with Crippen molar-refractivity contribution in [3.8, 4) is 0 Å². The van der Waals surface area contributed by atoms with Crippen molar-refractivity contribution >= 4 is 28.9 Å². The molecule has 1 amide bonds. The number of nitrogens with zero attached hydrogens (tertiary/aromatic N) is 1. The van der Waals surface area contributed by atoms with Crippen LogP contribution < -0.4 is 10.6 Å². The number of thiocarbonyl (C=S) groups is 1. The van der Waals surface area contributed by atoms with Crippen LogP contribution >= 0.6 is 12.2 Å². The lowest BCUT2D eigenvalue weighted by Gasteiger charge is -2.33. The van der Waals surface area contributed by atoms with E-state index in [0.717, 1.165) is 62.7 Å². The number of carbonyl (C=O) groups excluding carboxylic acids is 1. The van der Waals surface area contributed by atoms with Crippen molar-refractivity contribution in [3.05, 3.63) is 30.3 Å². The Morgan fingerprint density at radius 2 is 1.96 bits per heavy atom. The number of benzene rings is 1. The Kier molecular flexibility index (Phi) is 6.04. The summed E-state index contributed by atoms with van der Waals surface area (Å²) in [4.78, 5) is 14.5. The van der Waals surface area contributed by atoms with Gasteiger partial charge in [0.2, 0.25) is 5.91 Å². The van der Waals surface area contributed by atoms with Crippen molar-refractivity contribution in [2.45, 2.75) is 31.8 Å². The fraction of sp³-hybridized carbons (Fsp3) is 0.556. The number of piperidine rings is 1. The topological polar surface area (TPSA) is 53.6 Å². The maximum Gasteiger partial charge on any atom is 0.227 e. The van der Waals surface area contributed by atoms with Crippen LogP contribution in [0.25, 0.3) is 0 Å². The summed E-state index contributed by atoms with van der Waals surface area (Å²) in [5.41, 5.74) is 0.860. The van der Waals surface area contributed by atoms with Crippen LogP contribution in [0.1, 0.15) is 25.7 Å². The molecule has 3 rings (SSSR count). The van der Waals surface area contributed by atoms with Crippen LogP contribution in [-0.2, 0) is 9.53 Å². The van der Waals surface area contributed by atoms with Crippen molar-refractivity contribution in [2.24, 2.45) is 5.92 Å². The van der Waals surface area contributed by atoms with E-state index in [0.29, 0.717) is 0 Å². The van der Waals surface area contributed by atoms with E-state index in [1.807, 2.05) is 30.3 Å². The first-order valence-electron chi connectivity index (χ1n) is 8.72. The first-order valence-corrected chi connectivity index (χ1v) is 9.13. The minimum Gasteiger partial charge on any atom is -0.376 e. The fourth-order valence-corrected chi connectivity index (χ4v) is 3.49. The molecule has 2 aliphatic heterocycles. The fourth-order valence-electron chi connectivity index (χ4n) is 3.23. The maximum atomic E-state index is 12.3. The molecule has 0 bridgehead atoms. The third-order valence-corrected chi connectivity index (χ3v) is 5.10. The lowest BCUT2D eigenvalue weighted by Crippen LogP contribution is -2.47. The molecule has 0 radical (unpaired) electrons. The third kappa shape index (κ3) is 4.68. The molecule has 6 heteroatoms. The molecule has 130 valence electrons. The zero-order chi connectivity index (χ0) is 16.8. The first-order chi connectivity index (χ1) is 11.7. The van der Waals surface area contributed by atoms with Crippen molar-refractivity contribution in [3.63, 3.8) is 0 Å². The molecule has 2 saturated heterocycles. The number of ether oxygens (including phenoxy) is 1. The second kappa shape index (κ2) is 8.44. The summed E-state index contributed by atoms with van der Waals surface area (Å²) in [5.74, 6) is 0.168. The van der Waals surface area contributed by atoms with Crippen molar-refractivity contribution in [2.75, 3.05) is 31.6 Å². The maximum absolute atomic E-state index is 12.3. The van der Waals surface area contributed by atoms with E-state index < -0.39 is 0 Å². The zero-order valence-corrected chi connectivity index (χ0v) is 14.7. The molecule has 2 heterocycles. The average molecular weight is 347 g/mol. The van der Waals surface area contributed by atoms with Crippen LogP contribution in [0.4, 0.5) is 5.69 Å². The van der Waals surface area contributed by atoms with Gasteiger partial charge in [0.1, 0.15) is 0 Å². The Labute approximate surface area is 148 Å². The quantitative estimate of drug-likeness (QED) is 0.819. The van der Waals surface area contributed by atoms with Crippen LogP contribution in [0.2, 0.25) is 0 Å². The highest BCUT2D eigenvalue weighted by atomic mass is 32.1. The molecule has 0 aliphatic carbocycles. The average Bonchev–Trinajstić information content (AvgIpc) is 3.14. The largest absolute Gasteiger partial charge is 0.376 e. The van der Waals surface area contributed by atoms with Crippen molar-refractivity contribution in [1.29, 1.82) is 0 Å². The number of anilines is 1. The molecule has 2 N–H and O–H groups in total. The Bertz CT molecular complexity index is 553. The summed E-state index contributed by atoms with van der Waals surface area (Å²) in [6, 6.07) is 9.62. The smallest absolute Gasteiger partial charge is 0.227 e. The van der Waals surface area contributed by atoms with E-state index in [1.165, 1.54) is 0 Å². The number of rotatable bonds is 4. The van der Waals surface area contributed by atoms with E-state index in [-0.39, 0.29) is 17.9 Å². The standard InChI is InChI=1S/C18H25N3O2S/c22-17(20-15-5-2-1-3-6-15)14-8-10-21(11-9-14)18(24)19-13-16-7-4-12-23-16/h1-3,5-6,14,16H,4,7-13H2,(H,19,24)(H,20,22)/t16-/m1/s1. The van der Waals surface area contributed by atoms with Crippen LogP contribution in [0, 0.1) is 5.92 Å². The molecule has 0 unspecified atom stereocenters. The van der Waals surface area contributed by atoms with Gasteiger partial charge in [-0.05, 0) is 50.0 Å². The van der Waals surface area contributed by atoms with Gasteiger partial charge in [0.25, 0.3) is 0 Å². The summed E-state index contributed by atoms with van der Waals surface area (Å²) < 4.78 is 5.60. The molecule has 2 aliphatic rings. The highest BCUT2D eigenvalue weighted by Crippen LogP contribution is 2.20. The van der Waals surface area contributed by atoms with E-state index in [4.69, 9.17) is 17.0 Å². The molecule has 1 aromatic rings. The normalized spacial score (nSPS) is 21.5. The number of para-hydroxylation sites is 1. The van der Waals surface area contributed by atoms with Crippen LogP contribution in [0.5, 0.6) is 0 Å². The minimum atomic E-state index is 0.0578. The third-order valence-electron chi connectivity index (χ3n) is 4.70. The van der Waals surface area contributed by atoms with Gasteiger partial charge in [-0.2, -0.15) is 0 Å². The summed E-state index contributed by atoms with van der Waals surface area (Å²) in [7, 11) is 0. The van der Waals surface area contributed by atoms with Crippen molar-refractivity contribution < 1.29 is 9.53 Å². The predicted octanol–water partition coefficient (Wildman–Crippen LogP) is 2.39. The predicted molar refractivity (Wildman–Crippen MR) is 98.9 cm³/mol. The van der Waals surface area contributed by atoms with Gasteiger partial charge >= 0.3 is 0 Å². The number of hydrogen-bond donors (Lipinski definition) is 2. The summed E-state index contributed by atoms with van der Waals surface area (Å²) in [6.07, 6.45) is 4.20. The monoisotopic (exact) mass is 347 g/mol. The van der Waals surface area contributed by atoms with Gasteiger partial charge in [0, 0.05) is 37.8 Å². The van der Waals surface area contributed by atoms with Crippen LogP contribution in [0.3, 0.4) is 0 Å². The Morgan fingerprint density at radius 1 is 1.21 bits per heavy atom. The summed E-state index contributed by atoms with van der Waals surface area (Å²) >= 11 is 5.48. The number of hydrogen-bond acceptors (Lipinski definition) is 3. The zero-order valence-electron chi connectivity index (χ0n) is 13.9. The van der Waals surface area contributed by atoms with Crippen LogP contribution in [0.15, 0.2) is 30.3 Å². The molecule has 5 nitrogen and oxygen atoms in total. The SMILES string of the molecule is O=C(Nc1ccccc1)C1CCN(C(=S)NC[C@H]2CCCO2)CC1. The Balaban J connectivity index is 1.40. The van der Waals surface area contributed by atoms with E-state index in [2.05, 4.69) is 15.5 Å². The van der Waals surface area contributed by atoms with Gasteiger partial charge in [-0.15, -0.1) is 0 Å². The van der Waals surface area contributed by atoms with E-state index in [9.17, 15) is 4.79 Å². The highest BCUT2D eigenvalue weighted by Gasteiger charge is 2.26. The molecule has 0 spiro atoms. The van der Waals surface area contributed by atoms with Gasteiger partial charge in [-0.1, -0.05) is 18.2 Å². The number of amides is 1. The number of nitrogens with one attached hydrogen (secondary N) is 2. The Morgan fingerprint density at radius 3 is 2.62 bits per heavy atom. The van der Waals surface area contributed by atoms with Crippen molar-refractivity contribution in [1.82, 2.24) is 10.2 Å². The number of likely N-dealkylation sites (tertiary alicyclic amines) is 1. The van der Waals surface area contributed by atoms with Gasteiger partial charge in [-0.25, -0.2) is 0 Å². The van der Waals surface area contributed by atoms with E-state index >= 15 is 0 Å². The second-order valence-corrected chi connectivity index (χ2v) is 6.82. The van der Waals surface area contributed by atoms with Crippen LogP contribution in [-0.4, -0.2) is 48.3 Å². The first kappa shape index (κ1) is 17.2. The molecule has 1 atom stereocenters. The lowest BCUT2D eigenvalue weighted by atomic mass is 9.96. The Hall–Kier alpha value is -1.66. The molecular weight excluding hydrogens is 322 g/mol. The number of carbonyl (C=O) groups is 1. The molecular formula is C18H25N3O2S. The molecule has 24 heavy (non-hydrogen) atoms.